The molecule has 8 heteroatoms. The number of para-hydroxylation sites is 1. The van der Waals surface area contributed by atoms with Crippen molar-refractivity contribution in [2.45, 2.75) is 18.7 Å². The van der Waals surface area contributed by atoms with E-state index in [2.05, 4.69) is 11.1 Å². The second-order valence-corrected chi connectivity index (χ2v) is 10.2. The van der Waals surface area contributed by atoms with Gasteiger partial charge in [-0.2, -0.15) is 4.99 Å². The molecule has 0 unspecified atom stereocenters. The Balaban J connectivity index is 1.64. The summed E-state index contributed by atoms with van der Waals surface area (Å²) in [5.74, 6) is -0.414. The highest BCUT2D eigenvalue weighted by atomic mass is 32.2. The first kappa shape index (κ1) is 22.0. The highest BCUT2D eigenvalue weighted by Crippen LogP contribution is 2.24. The second kappa shape index (κ2) is 8.72. The third-order valence-corrected chi connectivity index (χ3v) is 8.19. The standard InChI is InChI=1S/C24H23N3O3S2/c1-4-27(19-8-6-5-7-9-19)32(29,30)20-13-11-18(12-14-20)23(28)25-24-26(3)21-15-10-17(2)16-22(21)31-24/h5-16H,4H2,1-3H3. The predicted molar refractivity (Wildman–Crippen MR) is 129 cm³/mol. The number of aromatic nitrogens is 1. The average molecular weight is 466 g/mol. The Labute approximate surface area is 191 Å². The summed E-state index contributed by atoms with van der Waals surface area (Å²) < 4.78 is 30.5. The van der Waals surface area contributed by atoms with E-state index < -0.39 is 15.9 Å². The van der Waals surface area contributed by atoms with Crippen LogP contribution >= 0.6 is 11.3 Å². The largest absolute Gasteiger partial charge is 0.319 e. The number of rotatable bonds is 5. The normalized spacial score (nSPS) is 12.3. The Morgan fingerprint density at radius 2 is 1.72 bits per heavy atom. The van der Waals surface area contributed by atoms with E-state index >= 15 is 0 Å². The quantitative estimate of drug-likeness (QED) is 0.436. The number of benzene rings is 3. The van der Waals surface area contributed by atoms with Crippen LogP contribution in [0.1, 0.15) is 22.8 Å². The van der Waals surface area contributed by atoms with Gasteiger partial charge in [0.05, 0.1) is 20.8 Å². The first-order valence-corrected chi connectivity index (χ1v) is 12.4. The number of sulfonamides is 1. The van der Waals surface area contributed by atoms with Crippen molar-refractivity contribution in [1.82, 2.24) is 4.57 Å². The number of hydrogen-bond donors (Lipinski definition) is 0. The molecule has 0 bridgehead atoms. The van der Waals surface area contributed by atoms with Gasteiger partial charge >= 0.3 is 0 Å². The van der Waals surface area contributed by atoms with Crippen LogP contribution < -0.4 is 9.11 Å². The molecule has 0 N–H and O–H groups in total. The molecule has 0 aliphatic heterocycles. The predicted octanol–water partition coefficient (Wildman–Crippen LogP) is 4.50. The van der Waals surface area contributed by atoms with Crippen LogP contribution in [-0.2, 0) is 17.1 Å². The number of nitrogens with zero attached hydrogens (tertiary/aromatic N) is 3. The summed E-state index contributed by atoms with van der Waals surface area (Å²) in [6.07, 6.45) is 0. The summed E-state index contributed by atoms with van der Waals surface area (Å²) in [5, 5.41) is 0. The molecule has 3 aromatic carbocycles. The molecule has 0 aliphatic carbocycles. The Morgan fingerprint density at radius 1 is 1.03 bits per heavy atom. The lowest BCUT2D eigenvalue weighted by Gasteiger charge is -2.22. The van der Waals surface area contributed by atoms with Gasteiger partial charge in [-0.05, 0) is 67.9 Å². The first-order valence-electron chi connectivity index (χ1n) is 10.1. The minimum Gasteiger partial charge on any atom is -0.319 e. The lowest BCUT2D eigenvalue weighted by molar-refractivity contribution is 0.0998. The minimum absolute atomic E-state index is 0.127. The molecule has 1 amide bonds. The van der Waals surface area contributed by atoms with Crippen LogP contribution in [0.4, 0.5) is 5.69 Å². The zero-order valence-corrected chi connectivity index (χ0v) is 19.7. The van der Waals surface area contributed by atoms with Gasteiger partial charge in [0, 0.05) is 19.2 Å². The van der Waals surface area contributed by atoms with Crippen molar-refractivity contribution in [1.29, 1.82) is 0 Å². The fourth-order valence-electron chi connectivity index (χ4n) is 3.48. The zero-order valence-electron chi connectivity index (χ0n) is 18.0. The van der Waals surface area contributed by atoms with Crippen LogP contribution in [0.25, 0.3) is 10.2 Å². The van der Waals surface area contributed by atoms with Crippen molar-refractivity contribution in [3.8, 4) is 0 Å². The summed E-state index contributed by atoms with van der Waals surface area (Å²) in [6, 6.07) is 21.0. The molecule has 0 aliphatic rings. The van der Waals surface area contributed by atoms with Crippen LogP contribution in [0.5, 0.6) is 0 Å². The smallest absolute Gasteiger partial charge is 0.279 e. The molecule has 6 nitrogen and oxygen atoms in total. The third kappa shape index (κ3) is 4.11. The van der Waals surface area contributed by atoms with Gasteiger partial charge in [0.2, 0.25) is 0 Å². The van der Waals surface area contributed by atoms with Crippen LogP contribution in [0, 0.1) is 6.92 Å². The second-order valence-electron chi connectivity index (χ2n) is 7.36. The lowest BCUT2D eigenvalue weighted by atomic mass is 10.2. The monoisotopic (exact) mass is 465 g/mol. The van der Waals surface area contributed by atoms with Crippen LogP contribution in [0.2, 0.25) is 0 Å². The SMILES string of the molecule is CCN(c1ccccc1)S(=O)(=O)c1ccc(C(=O)N=c2sc3cc(C)ccc3n2C)cc1. The van der Waals surface area contributed by atoms with Crippen molar-refractivity contribution in [2.75, 3.05) is 10.8 Å². The molecule has 4 rings (SSSR count). The lowest BCUT2D eigenvalue weighted by Crippen LogP contribution is -2.30. The molecule has 164 valence electrons. The van der Waals surface area contributed by atoms with Crippen molar-refractivity contribution in [2.24, 2.45) is 12.0 Å². The topological polar surface area (TPSA) is 71.7 Å². The maximum Gasteiger partial charge on any atom is 0.279 e. The van der Waals surface area contributed by atoms with E-state index in [0.29, 0.717) is 22.6 Å². The molecular weight excluding hydrogens is 442 g/mol. The van der Waals surface area contributed by atoms with Crippen molar-refractivity contribution in [3.05, 3.63) is 88.7 Å². The van der Waals surface area contributed by atoms with E-state index in [1.54, 1.807) is 31.2 Å². The van der Waals surface area contributed by atoms with Gasteiger partial charge in [-0.1, -0.05) is 35.6 Å². The first-order chi connectivity index (χ1) is 15.3. The molecule has 0 atom stereocenters. The van der Waals surface area contributed by atoms with E-state index in [4.69, 9.17) is 0 Å². The van der Waals surface area contributed by atoms with Gasteiger partial charge in [0.15, 0.2) is 4.80 Å². The van der Waals surface area contributed by atoms with Gasteiger partial charge in [-0.3, -0.25) is 9.10 Å². The van der Waals surface area contributed by atoms with Crippen molar-refractivity contribution in [3.63, 3.8) is 0 Å². The molecule has 1 aromatic heterocycles. The Kier molecular flexibility index (Phi) is 5.99. The molecule has 4 aromatic rings. The molecule has 0 spiro atoms. The summed E-state index contributed by atoms with van der Waals surface area (Å²) in [6.45, 7) is 4.10. The van der Waals surface area contributed by atoms with E-state index in [-0.39, 0.29) is 4.90 Å². The third-order valence-electron chi connectivity index (χ3n) is 5.18. The van der Waals surface area contributed by atoms with Crippen molar-refractivity contribution >= 4 is 43.2 Å². The minimum atomic E-state index is -3.74. The number of carbonyl (C=O) groups excluding carboxylic acids is 1. The molecule has 32 heavy (non-hydrogen) atoms. The average Bonchev–Trinajstić information content (AvgIpc) is 3.09. The molecule has 1 heterocycles. The number of anilines is 1. The molecular formula is C24H23N3O3S2. The highest BCUT2D eigenvalue weighted by molar-refractivity contribution is 7.92. The highest BCUT2D eigenvalue weighted by Gasteiger charge is 2.23. The Bertz CT molecular complexity index is 1450. The summed E-state index contributed by atoms with van der Waals surface area (Å²) in [4.78, 5) is 17.7. The molecule has 0 radical (unpaired) electrons. The number of thiazole rings is 1. The number of amides is 1. The summed E-state index contributed by atoms with van der Waals surface area (Å²) in [7, 11) is -1.87. The molecule has 0 saturated carbocycles. The maximum absolute atomic E-state index is 13.1. The van der Waals surface area contributed by atoms with Gasteiger partial charge in [-0.25, -0.2) is 8.42 Å². The van der Waals surface area contributed by atoms with Gasteiger partial charge < -0.3 is 4.57 Å². The number of hydrogen-bond acceptors (Lipinski definition) is 4. The van der Waals surface area contributed by atoms with Gasteiger partial charge in [0.1, 0.15) is 0 Å². The molecule has 0 fully saturated rings. The fraction of sp³-hybridized carbons (Fsp3) is 0.167. The van der Waals surface area contributed by atoms with Crippen LogP contribution in [0.3, 0.4) is 0 Å². The Hall–Kier alpha value is -3.23. The number of fused-ring (bicyclic) bond motifs is 1. The number of aryl methyl sites for hydroxylation is 2. The van der Waals surface area contributed by atoms with Gasteiger partial charge in [-0.15, -0.1) is 0 Å². The van der Waals surface area contributed by atoms with E-state index in [0.717, 1.165) is 15.8 Å². The summed E-state index contributed by atoms with van der Waals surface area (Å²) in [5.41, 5.74) is 3.08. The van der Waals surface area contributed by atoms with E-state index in [1.165, 1.54) is 39.9 Å². The number of carbonyl (C=O) groups is 1. The van der Waals surface area contributed by atoms with E-state index in [1.807, 2.05) is 36.7 Å². The maximum atomic E-state index is 13.1. The molecule has 0 saturated heterocycles. The zero-order chi connectivity index (χ0) is 22.9. The Morgan fingerprint density at radius 3 is 2.38 bits per heavy atom. The fourth-order valence-corrected chi connectivity index (χ4v) is 6.07. The van der Waals surface area contributed by atoms with E-state index in [9.17, 15) is 13.2 Å². The van der Waals surface area contributed by atoms with Crippen LogP contribution in [0.15, 0.2) is 82.7 Å². The van der Waals surface area contributed by atoms with Crippen LogP contribution in [-0.4, -0.2) is 25.4 Å². The van der Waals surface area contributed by atoms with Gasteiger partial charge in [0.25, 0.3) is 15.9 Å². The van der Waals surface area contributed by atoms with Crippen molar-refractivity contribution < 1.29 is 13.2 Å². The summed E-state index contributed by atoms with van der Waals surface area (Å²) >= 11 is 1.45.